The molecule has 2 bridgehead atoms. The molecule has 1 saturated carbocycles. The average molecular weight is 447 g/mol. The highest BCUT2D eigenvalue weighted by atomic mass is 16.5. The number of allylic oxidation sites excluding steroid dienone is 2. The summed E-state index contributed by atoms with van der Waals surface area (Å²) in [5.74, 6) is -0.453. The molecule has 0 aromatic heterocycles. The number of nitrogens with one attached hydrogen (secondary N) is 1. The zero-order chi connectivity index (χ0) is 23.1. The van der Waals surface area contributed by atoms with Gasteiger partial charge in [-0.25, -0.2) is 0 Å². The number of hydrogen-bond donors (Lipinski definition) is 1. The van der Waals surface area contributed by atoms with Crippen LogP contribution in [0.15, 0.2) is 60.7 Å². The number of imide groups is 1. The van der Waals surface area contributed by atoms with Gasteiger partial charge in [0.25, 0.3) is 0 Å². The summed E-state index contributed by atoms with van der Waals surface area (Å²) < 4.78 is 10.7. The normalized spacial score (nSPS) is 25.8. The van der Waals surface area contributed by atoms with Crippen molar-refractivity contribution in [1.82, 2.24) is 4.90 Å². The molecule has 3 amide bonds. The molecule has 7 nitrogen and oxygen atoms in total. The van der Waals surface area contributed by atoms with E-state index in [2.05, 4.69) is 5.32 Å². The van der Waals surface area contributed by atoms with E-state index in [-0.39, 0.29) is 41.9 Å². The van der Waals surface area contributed by atoms with Crippen molar-refractivity contribution in [2.75, 3.05) is 19.5 Å². The third-order valence-electron chi connectivity index (χ3n) is 7.06. The number of ether oxygens (including phenoxy) is 2. The molecule has 2 aromatic carbocycles. The summed E-state index contributed by atoms with van der Waals surface area (Å²) in [6.45, 7) is 0. The number of hydrogen-bond acceptors (Lipinski definition) is 5. The van der Waals surface area contributed by atoms with Crippen LogP contribution in [0.3, 0.4) is 0 Å². The lowest BCUT2D eigenvalue weighted by Crippen LogP contribution is -2.49. The van der Waals surface area contributed by atoms with E-state index in [1.807, 2.05) is 42.5 Å². The molecule has 1 heterocycles. The van der Waals surface area contributed by atoms with Gasteiger partial charge in [0.2, 0.25) is 17.7 Å². The lowest BCUT2D eigenvalue weighted by Gasteiger charge is -2.27. The zero-order valence-electron chi connectivity index (χ0n) is 18.6. The van der Waals surface area contributed by atoms with Crippen LogP contribution < -0.4 is 14.8 Å². The Morgan fingerprint density at radius 3 is 2.27 bits per heavy atom. The van der Waals surface area contributed by atoms with Crippen LogP contribution in [0.4, 0.5) is 5.69 Å². The average Bonchev–Trinajstić information content (AvgIpc) is 3.52. The minimum atomic E-state index is -0.965. The number of nitrogens with zero attached hydrogens (tertiary/aromatic N) is 1. The van der Waals surface area contributed by atoms with Crippen molar-refractivity contribution in [2.45, 2.75) is 18.9 Å². The number of anilines is 1. The van der Waals surface area contributed by atoms with Crippen molar-refractivity contribution < 1.29 is 23.9 Å². The van der Waals surface area contributed by atoms with Crippen molar-refractivity contribution in [3.63, 3.8) is 0 Å². The second-order valence-corrected chi connectivity index (χ2v) is 8.81. The number of amides is 3. The van der Waals surface area contributed by atoms with Crippen molar-refractivity contribution in [1.29, 1.82) is 0 Å². The molecule has 1 saturated heterocycles. The number of rotatable bonds is 7. The monoisotopic (exact) mass is 446 g/mol. The van der Waals surface area contributed by atoms with Gasteiger partial charge in [0, 0.05) is 12.5 Å². The predicted molar refractivity (Wildman–Crippen MR) is 122 cm³/mol. The SMILES string of the molecule is COc1ccc(OC)c(NC(=O)[C@H](Cc2ccccc2)N2C(=O)[C@@H]3[C@@H](C2=O)[C@H]2C=C[C@H]3C2)c1. The van der Waals surface area contributed by atoms with E-state index >= 15 is 0 Å². The quantitative estimate of drug-likeness (QED) is 0.522. The zero-order valence-corrected chi connectivity index (χ0v) is 18.6. The van der Waals surface area contributed by atoms with E-state index in [4.69, 9.17) is 9.47 Å². The van der Waals surface area contributed by atoms with E-state index in [0.29, 0.717) is 17.2 Å². The highest BCUT2D eigenvalue weighted by Gasteiger charge is 2.61. The van der Waals surface area contributed by atoms with Gasteiger partial charge >= 0.3 is 0 Å². The molecule has 33 heavy (non-hydrogen) atoms. The van der Waals surface area contributed by atoms with Crippen LogP contribution in [-0.2, 0) is 20.8 Å². The fraction of sp³-hybridized carbons (Fsp3) is 0.346. The van der Waals surface area contributed by atoms with Gasteiger partial charge in [-0.2, -0.15) is 0 Å². The van der Waals surface area contributed by atoms with E-state index in [1.54, 1.807) is 18.2 Å². The molecule has 3 aliphatic rings. The highest BCUT2D eigenvalue weighted by molar-refractivity contribution is 6.11. The van der Waals surface area contributed by atoms with Crippen molar-refractivity contribution in [3.05, 3.63) is 66.2 Å². The molecule has 5 rings (SSSR count). The molecule has 7 heteroatoms. The molecule has 170 valence electrons. The molecular weight excluding hydrogens is 420 g/mol. The fourth-order valence-electron chi connectivity index (χ4n) is 5.50. The van der Waals surface area contributed by atoms with Crippen molar-refractivity contribution in [3.8, 4) is 11.5 Å². The molecule has 1 aliphatic heterocycles. The molecule has 0 unspecified atom stereocenters. The third-order valence-corrected chi connectivity index (χ3v) is 7.06. The molecular formula is C26H26N2O5. The minimum absolute atomic E-state index is 0.0837. The Kier molecular flexibility index (Phi) is 5.40. The molecule has 1 N–H and O–H groups in total. The van der Waals surface area contributed by atoms with Crippen molar-refractivity contribution in [2.24, 2.45) is 23.7 Å². The molecule has 2 aromatic rings. The van der Waals surface area contributed by atoms with Crippen molar-refractivity contribution >= 4 is 23.4 Å². The van der Waals surface area contributed by atoms with Crippen LogP contribution in [0, 0.1) is 23.7 Å². The smallest absolute Gasteiger partial charge is 0.248 e. The Bertz CT molecular complexity index is 1100. The van der Waals surface area contributed by atoms with Crippen LogP contribution in [0.1, 0.15) is 12.0 Å². The maximum absolute atomic E-state index is 13.6. The highest BCUT2D eigenvalue weighted by Crippen LogP contribution is 2.53. The summed E-state index contributed by atoms with van der Waals surface area (Å²) in [6.07, 6.45) is 5.18. The second kappa shape index (κ2) is 8.39. The minimum Gasteiger partial charge on any atom is -0.497 e. The van der Waals surface area contributed by atoms with Gasteiger partial charge in [-0.05, 0) is 36.0 Å². The number of benzene rings is 2. The summed E-state index contributed by atoms with van der Waals surface area (Å²) in [4.78, 5) is 41.7. The van der Waals surface area contributed by atoms with E-state index in [9.17, 15) is 14.4 Å². The number of carbonyl (C=O) groups excluding carboxylic acids is 3. The number of fused-ring (bicyclic) bond motifs is 5. The van der Waals surface area contributed by atoms with Gasteiger partial charge in [0.05, 0.1) is 31.7 Å². The van der Waals surface area contributed by atoms with Gasteiger partial charge in [-0.3, -0.25) is 19.3 Å². The lowest BCUT2D eigenvalue weighted by molar-refractivity contribution is -0.147. The van der Waals surface area contributed by atoms with Gasteiger partial charge in [-0.15, -0.1) is 0 Å². The van der Waals surface area contributed by atoms with Crippen LogP contribution in [-0.4, -0.2) is 42.9 Å². The summed E-state index contributed by atoms with van der Waals surface area (Å²) in [6, 6.07) is 13.5. The standard InChI is InChI=1S/C26H26N2O5/c1-32-18-10-11-21(33-2)19(14-18)27-24(29)20(12-15-6-4-3-5-7-15)28-25(30)22-16-8-9-17(13-16)23(22)26(28)31/h3-11,14,16-17,20,22-23H,12-13H2,1-2H3,(H,27,29)/t16-,17-,20-,22-,23-/m0/s1. The maximum Gasteiger partial charge on any atom is 0.248 e. The maximum atomic E-state index is 13.6. The van der Waals surface area contributed by atoms with E-state index < -0.39 is 11.9 Å². The third kappa shape index (κ3) is 3.57. The van der Waals surface area contributed by atoms with E-state index in [0.717, 1.165) is 12.0 Å². The van der Waals surface area contributed by atoms with Crippen LogP contribution in [0.25, 0.3) is 0 Å². The first-order valence-corrected chi connectivity index (χ1v) is 11.1. The van der Waals surface area contributed by atoms with Crippen LogP contribution in [0.2, 0.25) is 0 Å². The topological polar surface area (TPSA) is 84.9 Å². The first-order chi connectivity index (χ1) is 16.0. The summed E-state index contributed by atoms with van der Waals surface area (Å²) in [5, 5.41) is 2.87. The second-order valence-electron chi connectivity index (χ2n) is 8.81. The Morgan fingerprint density at radius 1 is 1.00 bits per heavy atom. The largest absolute Gasteiger partial charge is 0.497 e. The van der Waals surface area contributed by atoms with E-state index in [1.165, 1.54) is 19.1 Å². The molecule has 2 aliphatic carbocycles. The van der Waals surface area contributed by atoms with Gasteiger partial charge in [-0.1, -0.05) is 42.5 Å². The van der Waals surface area contributed by atoms with Gasteiger partial charge < -0.3 is 14.8 Å². The lowest BCUT2D eigenvalue weighted by atomic mass is 9.85. The van der Waals surface area contributed by atoms with Crippen LogP contribution in [0.5, 0.6) is 11.5 Å². The van der Waals surface area contributed by atoms with Crippen LogP contribution >= 0.6 is 0 Å². The Labute approximate surface area is 192 Å². The first-order valence-electron chi connectivity index (χ1n) is 11.1. The van der Waals surface area contributed by atoms with Gasteiger partial charge in [0.15, 0.2) is 0 Å². The van der Waals surface area contributed by atoms with Gasteiger partial charge in [0.1, 0.15) is 17.5 Å². The molecule has 0 spiro atoms. The first kappa shape index (κ1) is 21.2. The molecule has 5 atom stereocenters. The summed E-state index contributed by atoms with van der Waals surface area (Å²) in [5.41, 5.74) is 1.29. The molecule has 2 fully saturated rings. The predicted octanol–water partition coefficient (Wildman–Crippen LogP) is 3.06. The Morgan fingerprint density at radius 2 is 1.67 bits per heavy atom. The Hall–Kier alpha value is -3.61. The number of likely N-dealkylation sites (tertiary alicyclic amines) is 1. The fourth-order valence-corrected chi connectivity index (χ4v) is 5.50. The Balaban J connectivity index is 1.47. The summed E-state index contributed by atoms with van der Waals surface area (Å²) >= 11 is 0. The summed E-state index contributed by atoms with van der Waals surface area (Å²) in [7, 11) is 3.05. The number of methoxy groups -OCH3 is 2. The molecule has 0 radical (unpaired) electrons. The number of carbonyl (C=O) groups is 3.